The molecule has 0 atom stereocenters. The summed E-state index contributed by atoms with van der Waals surface area (Å²) in [6.07, 6.45) is 1.65. The predicted octanol–water partition coefficient (Wildman–Crippen LogP) is 0.982. The molecule has 1 heterocycles. The molecule has 100 valence electrons. The van der Waals surface area contributed by atoms with Crippen LogP contribution in [0.1, 0.15) is 0 Å². The number of benzene rings is 1. The molecule has 0 unspecified atom stereocenters. The molecule has 2 aromatic rings. The molecule has 1 N–H and O–H groups in total. The van der Waals surface area contributed by atoms with Crippen LogP contribution in [0.5, 0.6) is 0 Å². The van der Waals surface area contributed by atoms with Crippen molar-refractivity contribution < 1.29 is 4.79 Å². The summed E-state index contributed by atoms with van der Waals surface area (Å²) in [5.74, 6) is 0.599. The van der Waals surface area contributed by atoms with E-state index in [-0.39, 0.29) is 5.91 Å². The molecule has 0 aliphatic heterocycles. The van der Waals surface area contributed by atoms with Crippen molar-refractivity contribution in [2.24, 2.45) is 7.05 Å². The highest BCUT2D eigenvalue weighted by Crippen LogP contribution is 2.18. The first kappa shape index (κ1) is 13.2. The van der Waals surface area contributed by atoms with Crippen molar-refractivity contribution in [3.8, 4) is 11.4 Å². The Morgan fingerprint density at radius 2 is 2.21 bits per heavy atom. The van der Waals surface area contributed by atoms with Gasteiger partial charge in [-0.2, -0.15) is 5.10 Å². The van der Waals surface area contributed by atoms with E-state index in [9.17, 15) is 4.79 Å². The average molecular weight is 259 g/mol. The first-order valence-electron chi connectivity index (χ1n) is 5.95. The summed E-state index contributed by atoms with van der Waals surface area (Å²) in [4.78, 5) is 17.7. The first-order chi connectivity index (χ1) is 9.04. The van der Waals surface area contributed by atoms with E-state index in [0.717, 1.165) is 11.3 Å². The van der Waals surface area contributed by atoms with Gasteiger partial charge in [-0.15, -0.1) is 0 Å². The molecular weight excluding hydrogens is 242 g/mol. The summed E-state index contributed by atoms with van der Waals surface area (Å²) in [6, 6.07) is 7.50. The number of carbonyl (C=O) groups excluding carboxylic acids is 1. The van der Waals surface area contributed by atoms with Gasteiger partial charge in [-0.1, -0.05) is 12.1 Å². The number of aromatic nitrogens is 3. The van der Waals surface area contributed by atoms with E-state index < -0.39 is 0 Å². The normalized spacial score (nSPS) is 10.7. The number of anilines is 1. The number of amides is 1. The Kier molecular flexibility index (Phi) is 3.91. The summed E-state index contributed by atoms with van der Waals surface area (Å²) < 4.78 is 1.65. The zero-order valence-electron chi connectivity index (χ0n) is 11.3. The van der Waals surface area contributed by atoms with Gasteiger partial charge in [0.25, 0.3) is 0 Å². The maximum Gasteiger partial charge on any atom is 0.238 e. The highest BCUT2D eigenvalue weighted by Gasteiger charge is 2.07. The first-order valence-corrected chi connectivity index (χ1v) is 5.95. The number of aryl methyl sites for hydroxylation is 1. The van der Waals surface area contributed by atoms with Gasteiger partial charge in [-0.25, -0.2) is 4.98 Å². The number of carbonyl (C=O) groups is 1. The zero-order chi connectivity index (χ0) is 13.8. The lowest BCUT2D eigenvalue weighted by molar-refractivity contribution is -0.116. The van der Waals surface area contributed by atoms with Crippen molar-refractivity contribution in [3.63, 3.8) is 0 Å². The topological polar surface area (TPSA) is 63.1 Å². The van der Waals surface area contributed by atoms with Gasteiger partial charge in [0.1, 0.15) is 6.33 Å². The molecule has 6 heteroatoms. The number of nitrogens with zero attached hydrogens (tertiary/aromatic N) is 4. The maximum absolute atomic E-state index is 11.7. The van der Waals surface area contributed by atoms with Gasteiger partial charge in [0.05, 0.1) is 6.54 Å². The van der Waals surface area contributed by atoms with Crippen LogP contribution in [0.15, 0.2) is 30.6 Å². The lowest BCUT2D eigenvalue weighted by Gasteiger charge is -2.10. The van der Waals surface area contributed by atoms with Crippen LogP contribution in [-0.4, -0.2) is 46.2 Å². The van der Waals surface area contributed by atoms with E-state index >= 15 is 0 Å². The fraction of sp³-hybridized carbons (Fsp3) is 0.308. The molecule has 2 rings (SSSR count). The highest BCUT2D eigenvalue weighted by molar-refractivity contribution is 5.92. The van der Waals surface area contributed by atoms with Crippen molar-refractivity contribution in [1.29, 1.82) is 0 Å². The van der Waals surface area contributed by atoms with Gasteiger partial charge in [0.15, 0.2) is 5.82 Å². The predicted molar refractivity (Wildman–Crippen MR) is 73.6 cm³/mol. The minimum absolute atomic E-state index is 0.0452. The molecule has 0 aliphatic rings. The minimum Gasteiger partial charge on any atom is -0.325 e. The van der Waals surface area contributed by atoms with Crippen LogP contribution in [0.25, 0.3) is 11.4 Å². The molecule has 6 nitrogen and oxygen atoms in total. The molecular formula is C13H17N5O. The Labute approximate surface area is 112 Å². The molecule has 0 fully saturated rings. The zero-order valence-corrected chi connectivity index (χ0v) is 11.3. The van der Waals surface area contributed by atoms with Crippen LogP contribution < -0.4 is 5.32 Å². The van der Waals surface area contributed by atoms with E-state index in [1.54, 1.807) is 11.0 Å². The van der Waals surface area contributed by atoms with Gasteiger partial charge in [-0.3, -0.25) is 9.48 Å². The highest BCUT2D eigenvalue weighted by atomic mass is 16.2. The molecule has 0 bridgehead atoms. The average Bonchev–Trinajstić information content (AvgIpc) is 2.75. The molecule has 0 saturated heterocycles. The van der Waals surface area contributed by atoms with E-state index in [0.29, 0.717) is 12.4 Å². The number of likely N-dealkylation sites (N-methyl/N-ethyl adjacent to an activating group) is 1. The molecule has 1 aromatic heterocycles. The van der Waals surface area contributed by atoms with E-state index in [4.69, 9.17) is 0 Å². The molecule has 0 radical (unpaired) electrons. The smallest absolute Gasteiger partial charge is 0.238 e. The largest absolute Gasteiger partial charge is 0.325 e. The van der Waals surface area contributed by atoms with Crippen molar-refractivity contribution >= 4 is 11.6 Å². The fourth-order valence-corrected chi connectivity index (χ4v) is 1.70. The van der Waals surface area contributed by atoms with E-state index in [2.05, 4.69) is 15.4 Å². The minimum atomic E-state index is -0.0452. The van der Waals surface area contributed by atoms with Gasteiger partial charge < -0.3 is 10.2 Å². The van der Waals surface area contributed by atoms with Crippen molar-refractivity contribution in [1.82, 2.24) is 19.7 Å². The quantitative estimate of drug-likeness (QED) is 0.889. The SMILES string of the molecule is CN(C)CC(=O)Nc1cccc(-c2ncn(C)n2)c1. The number of nitrogens with one attached hydrogen (secondary N) is 1. The van der Waals surface area contributed by atoms with Gasteiger partial charge >= 0.3 is 0 Å². The Bertz CT molecular complexity index is 576. The molecule has 19 heavy (non-hydrogen) atoms. The summed E-state index contributed by atoms with van der Waals surface area (Å²) in [5.41, 5.74) is 1.63. The van der Waals surface area contributed by atoms with E-state index in [1.165, 1.54) is 0 Å². The van der Waals surface area contributed by atoms with Crippen LogP contribution in [0.3, 0.4) is 0 Å². The second-order valence-corrected chi connectivity index (χ2v) is 4.61. The third-order valence-corrected chi connectivity index (χ3v) is 2.46. The Balaban J connectivity index is 2.13. The third-order valence-electron chi connectivity index (χ3n) is 2.46. The van der Waals surface area contributed by atoms with Crippen molar-refractivity contribution in [2.45, 2.75) is 0 Å². The third kappa shape index (κ3) is 3.62. The Morgan fingerprint density at radius 1 is 1.42 bits per heavy atom. The lowest BCUT2D eigenvalue weighted by Crippen LogP contribution is -2.27. The standard InChI is InChI=1S/C13H17N5O/c1-17(2)8-12(19)15-11-6-4-5-10(7-11)13-14-9-18(3)16-13/h4-7,9H,8H2,1-3H3,(H,15,19). The molecule has 0 spiro atoms. The number of hydrogen-bond acceptors (Lipinski definition) is 4. The monoisotopic (exact) mass is 259 g/mol. The number of rotatable bonds is 4. The van der Waals surface area contributed by atoms with Crippen LogP contribution >= 0.6 is 0 Å². The van der Waals surface area contributed by atoms with Gasteiger partial charge in [0, 0.05) is 18.3 Å². The van der Waals surface area contributed by atoms with Gasteiger partial charge in [0.2, 0.25) is 5.91 Å². The molecule has 1 aromatic carbocycles. The van der Waals surface area contributed by atoms with E-state index in [1.807, 2.05) is 50.3 Å². The summed E-state index contributed by atoms with van der Waals surface area (Å²) >= 11 is 0. The lowest BCUT2D eigenvalue weighted by atomic mass is 10.2. The summed E-state index contributed by atoms with van der Waals surface area (Å²) in [6.45, 7) is 0.353. The van der Waals surface area contributed by atoms with Crippen LogP contribution in [0, 0.1) is 0 Å². The van der Waals surface area contributed by atoms with Crippen molar-refractivity contribution in [3.05, 3.63) is 30.6 Å². The summed E-state index contributed by atoms with van der Waals surface area (Å²) in [7, 11) is 5.53. The fourth-order valence-electron chi connectivity index (χ4n) is 1.70. The second-order valence-electron chi connectivity index (χ2n) is 4.61. The molecule has 0 saturated carbocycles. The van der Waals surface area contributed by atoms with Crippen molar-refractivity contribution in [2.75, 3.05) is 26.0 Å². The van der Waals surface area contributed by atoms with Crippen LogP contribution in [-0.2, 0) is 11.8 Å². The molecule has 0 aliphatic carbocycles. The van der Waals surface area contributed by atoms with Crippen LogP contribution in [0.4, 0.5) is 5.69 Å². The van der Waals surface area contributed by atoms with Gasteiger partial charge in [-0.05, 0) is 26.2 Å². The molecule has 1 amide bonds. The maximum atomic E-state index is 11.7. The Hall–Kier alpha value is -2.21. The number of hydrogen-bond donors (Lipinski definition) is 1. The second kappa shape index (κ2) is 5.62. The Morgan fingerprint density at radius 3 is 2.84 bits per heavy atom. The van der Waals surface area contributed by atoms with Crippen LogP contribution in [0.2, 0.25) is 0 Å². The summed E-state index contributed by atoms with van der Waals surface area (Å²) in [5, 5.41) is 7.08.